The Morgan fingerprint density at radius 2 is 2.05 bits per heavy atom. The van der Waals surface area contributed by atoms with Crippen molar-refractivity contribution in [2.75, 3.05) is 11.9 Å². The topological polar surface area (TPSA) is 41.1 Å². The van der Waals surface area contributed by atoms with E-state index in [2.05, 4.69) is 42.7 Å². The summed E-state index contributed by atoms with van der Waals surface area (Å²) in [4.78, 5) is 11.5. The molecule has 1 unspecified atom stereocenters. The van der Waals surface area contributed by atoms with Crippen molar-refractivity contribution < 1.29 is 4.79 Å². The van der Waals surface area contributed by atoms with Crippen molar-refractivity contribution in [3.8, 4) is 0 Å². The van der Waals surface area contributed by atoms with Crippen molar-refractivity contribution in [2.24, 2.45) is 5.41 Å². The first-order chi connectivity index (χ1) is 10.1. The van der Waals surface area contributed by atoms with Gasteiger partial charge in [0.1, 0.15) is 0 Å². The van der Waals surface area contributed by atoms with E-state index in [0.29, 0.717) is 17.9 Å². The average molecular weight is 286 g/mol. The smallest absolute Gasteiger partial charge is 0.228 e. The van der Waals surface area contributed by atoms with E-state index >= 15 is 0 Å². The largest absolute Gasteiger partial charge is 0.326 e. The highest BCUT2D eigenvalue weighted by atomic mass is 16.1. The molecule has 3 rings (SSSR count). The van der Waals surface area contributed by atoms with E-state index in [1.165, 1.54) is 37.7 Å². The van der Waals surface area contributed by atoms with Crippen LogP contribution < -0.4 is 10.6 Å². The van der Waals surface area contributed by atoms with Gasteiger partial charge in [0.25, 0.3) is 0 Å². The molecule has 0 bridgehead atoms. The van der Waals surface area contributed by atoms with Crippen LogP contribution in [0.15, 0.2) is 18.2 Å². The van der Waals surface area contributed by atoms with Crippen LogP contribution in [-0.2, 0) is 11.2 Å². The lowest BCUT2D eigenvalue weighted by Gasteiger charge is -2.41. The van der Waals surface area contributed by atoms with Crippen molar-refractivity contribution in [3.63, 3.8) is 0 Å². The Kier molecular flexibility index (Phi) is 4.03. The Balaban J connectivity index is 1.90. The summed E-state index contributed by atoms with van der Waals surface area (Å²) < 4.78 is 0. The molecule has 2 aliphatic rings. The zero-order chi connectivity index (χ0) is 14.9. The van der Waals surface area contributed by atoms with E-state index in [1.54, 1.807) is 0 Å². The van der Waals surface area contributed by atoms with E-state index in [4.69, 9.17) is 0 Å². The Labute approximate surface area is 127 Å². The van der Waals surface area contributed by atoms with Gasteiger partial charge in [0, 0.05) is 11.7 Å². The molecule has 3 heteroatoms. The number of fused-ring (bicyclic) bond motifs is 1. The number of anilines is 1. The van der Waals surface area contributed by atoms with Gasteiger partial charge in [-0.05, 0) is 42.0 Å². The van der Waals surface area contributed by atoms with E-state index < -0.39 is 0 Å². The fourth-order valence-electron chi connectivity index (χ4n) is 4.05. The lowest BCUT2D eigenvalue weighted by molar-refractivity contribution is -0.115. The minimum atomic E-state index is 0.117. The summed E-state index contributed by atoms with van der Waals surface area (Å²) in [5, 5.41) is 6.63. The van der Waals surface area contributed by atoms with Gasteiger partial charge in [-0.2, -0.15) is 0 Å². The van der Waals surface area contributed by atoms with Crippen LogP contribution in [0, 0.1) is 5.41 Å². The number of carbonyl (C=O) groups is 1. The lowest BCUT2D eigenvalue weighted by Crippen LogP contribution is -2.37. The van der Waals surface area contributed by atoms with Gasteiger partial charge in [0.15, 0.2) is 0 Å². The van der Waals surface area contributed by atoms with Crippen LogP contribution in [0.5, 0.6) is 0 Å². The SMILES string of the molecule is CCNC(c1ccc2c(c1)CC(=O)N2)C1(C)CCCCC1. The van der Waals surface area contributed by atoms with Gasteiger partial charge in [-0.25, -0.2) is 0 Å². The molecule has 21 heavy (non-hydrogen) atoms. The molecule has 1 fully saturated rings. The van der Waals surface area contributed by atoms with Crippen molar-refractivity contribution >= 4 is 11.6 Å². The van der Waals surface area contributed by atoms with Gasteiger partial charge >= 0.3 is 0 Å². The fraction of sp³-hybridized carbons (Fsp3) is 0.611. The fourth-order valence-corrected chi connectivity index (χ4v) is 4.05. The number of rotatable bonds is 4. The standard InChI is InChI=1S/C18H26N2O/c1-3-19-17(18(2)9-5-4-6-10-18)13-7-8-15-14(11-13)12-16(21)20-15/h7-8,11,17,19H,3-6,9-10,12H2,1-2H3,(H,20,21). The predicted molar refractivity (Wildman–Crippen MR) is 86.4 cm³/mol. The summed E-state index contributed by atoms with van der Waals surface area (Å²) in [5.41, 5.74) is 3.82. The van der Waals surface area contributed by atoms with Crippen LogP contribution in [0.3, 0.4) is 0 Å². The molecule has 0 spiro atoms. The average Bonchev–Trinajstić information content (AvgIpc) is 2.84. The van der Waals surface area contributed by atoms with E-state index in [9.17, 15) is 4.79 Å². The van der Waals surface area contributed by atoms with Gasteiger partial charge in [0.2, 0.25) is 5.91 Å². The van der Waals surface area contributed by atoms with E-state index in [1.807, 2.05) is 0 Å². The summed E-state index contributed by atoms with van der Waals surface area (Å²) in [6, 6.07) is 6.90. The second-order valence-electron chi connectivity index (χ2n) is 6.85. The molecule has 1 saturated carbocycles. The van der Waals surface area contributed by atoms with E-state index in [0.717, 1.165) is 17.8 Å². The Bertz CT molecular complexity index is 532. The zero-order valence-corrected chi connectivity index (χ0v) is 13.2. The van der Waals surface area contributed by atoms with Crippen LogP contribution in [0.2, 0.25) is 0 Å². The molecule has 1 aliphatic heterocycles. The van der Waals surface area contributed by atoms with Gasteiger partial charge in [-0.1, -0.05) is 45.2 Å². The van der Waals surface area contributed by atoms with Crippen LogP contribution in [0.25, 0.3) is 0 Å². The molecule has 1 amide bonds. The van der Waals surface area contributed by atoms with Gasteiger partial charge in [-0.15, -0.1) is 0 Å². The molecule has 2 N–H and O–H groups in total. The maximum Gasteiger partial charge on any atom is 0.228 e. The second kappa shape index (κ2) is 5.80. The Hall–Kier alpha value is -1.35. The predicted octanol–water partition coefficient (Wildman–Crippen LogP) is 3.80. The number of hydrogen-bond donors (Lipinski definition) is 2. The number of carbonyl (C=O) groups excluding carboxylic acids is 1. The van der Waals surface area contributed by atoms with Crippen molar-refractivity contribution in [2.45, 2.75) is 58.4 Å². The molecule has 1 heterocycles. The molecule has 0 saturated heterocycles. The van der Waals surface area contributed by atoms with Crippen molar-refractivity contribution in [1.82, 2.24) is 5.32 Å². The molecular weight excluding hydrogens is 260 g/mol. The lowest BCUT2D eigenvalue weighted by atomic mass is 9.68. The number of amides is 1. The zero-order valence-electron chi connectivity index (χ0n) is 13.2. The second-order valence-corrected chi connectivity index (χ2v) is 6.85. The van der Waals surface area contributed by atoms with Gasteiger partial charge in [-0.3, -0.25) is 4.79 Å². The Morgan fingerprint density at radius 1 is 1.29 bits per heavy atom. The molecular formula is C18H26N2O. The number of nitrogens with one attached hydrogen (secondary N) is 2. The maximum absolute atomic E-state index is 11.5. The van der Waals surface area contributed by atoms with Crippen molar-refractivity contribution in [1.29, 1.82) is 0 Å². The van der Waals surface area contributed by atoms with Crippen molar-refractivity contribution in [3.05, 3.63) is 29.3 Å². The molecule has 3 nitrogen and oxygen atoms in total. The minimum absolute atomic E-state index is 0.117. The molecule has 114 valence electrons. The van der Waals surface area contributed by atoms with Crippen LogP contribution in [-0.4, -0.2) is 12.5 Å². The highest BCUT2D eigenvalue weighted by Gasteiger charge is 2.36. The first-order valence-corrected chi connectivity index (χ1v) is 8.28. The third-order valence-electron chi connectivity index (χ3n) is 5.19. The summed E-state index contributed by atoms with van der Waals surface area (Å²) in [6.07, 6.45) is 7.15. The summed E-state index contributed by atoms with van der Waals surface area (Å²) in [6.45, 7) is 5.59. The molecule has 1 aromatic rings. The first-order valence-electron chi connectivity index (χ1n) is 8.28. The summed E-state index contributed by atoms with van der Waals surface area (Å²) in [5.74, 6) is 0.117. The van der Waals surface area contributed by atoms with Crippen LogP contribution >= 0.6 is 0 Å². The summed E-state index contributed by atoms with van der Waals surface area (Å²) in [7, 11) is 0. The minimum Gasteiger partial charge on any atom is -0.326 e. The quantitative estimate of drug-likeness (QED) is 0.884. The maximum atomic E-state index is 11.5. The number of benzene rings is 1. The molecule has 1 aliphatic carbocycles. The van der Waals surface area contributed by atoms with Crippen LogP contribution in [0.1, 0.15) is 63.1 Å². The van der Waals surface area contributed by atoms with Gasteiger partial charge < -0.3 is 10.6 Å². The number of hydrogen-bond acceptors (Lipinski definition) is 2. The van der Waals surface area contributed by atoms with Crippen LogP contribution in [0.4, 0.5) is 5.69 Å². The highest BCUT2D eigenvalue weighted by molar-refractivity contribution is 5.99. The third kappa shape index (κ3) is 2.84. The summed E-state index contributed by atoms with van der Waals surface area (Å²) >= 11 is 0. The monoisotopic (exact) mass is 286 g/mol. The molecule has 0 aromatic heterocycles. The molecule has 0 radical (unpaired) electrons. The normalized spacial score (nSPS) is 21.7. The third-order valence-corrected chi connectivity index (χ3v) is 5.19. The van der Waals surface area contributed by atoms with E-state index in [-0.39, 0.29) is 5.91 Å². The highest BCUT2D eigenvalue weighted by Crippen LogP contribution is 2.46. The first kappa shape index (κ1) is 14.6. The molecule has 1 atom stereocenters. The molecule has 1 aromatic carbocycles. The Morgan fingerprint density at radius 3 is 2.76 bits per heavy atom. The van der Waals surface area contributed by atoms with Gasteiger partial charge in [0.05, 0.1) is 6.42 Å².